The molecular weight excluding hydrogens is 266 g/mol. The Morgan fingerprint density at radius 2 is 2.19 bits per heavy atom. The lowest BCUT2D eigenvalue weighted by Gasteiger charge is -2.52. The lowest BCUT2D eigenvalue weighted by Crippen LogP contribution is -2.60. The first-order valence-corrected chi connectivity index (χ1v) is 7.41. The molecule has 1 saturated carbocycles. The van der Waals surface area contributed by atoms with Crippen molar-refractivity contribution in [3.8, 4) is 0 Å². The van der Waals surface area contributed by atoms with Crippen LogP contribution in [0.25, 0.3) is 0 Å². The number of benzene rings is 1. The molecule has 1 aromatic rings. The molecule has 0 saturated heterocycles. The van der Waals surface area contributed by atoms with Gasteiger partial charge in [-0.1, -0.05) is 43.3 Å². The molecule has 1 fully saturated rings. The Labute approximate surface area is 126 Å². The largest absolute Gasteiger partial charge is 0.409 e. The van der Waals surface area contributed by atoms with E-state index in [2.05, 4.69) is 24.3 Å². The summed E-state index contributed by atoms with van der Waals surface area (Å²) in [7, 11) is 0. The Balaban J connectivity index is 1.99. The molecule has 0 heterocycles. The van der Waals surface area contributed by atoms with Crippen LogP contribution in [0.4, 0.5) is 0 Å². The van der Waals surface area contributed by atoms with E-state index in [1.807, 2.05) is 31.2 Å². The van der Waals surface area contributed by atoms with E-state index >= 15 is 0 Å². The first-order valence-electron chi connectivity index (χ1n) is 7.41. The van der Waals surface area contributed by atoms with Gasteiger partial charge in [-0.15, -0.1) is 0 Å². The van der Waals surface area contributed by atoms with Gasteiger partial charge in [0.15, 0.2) is 5.84 Å². The fraction of sp³-hybridized carbons (Fsp3) is 0.562. The predicted molar refractivity (Wildman–Crippen MR) is 83.4 cm³/mol. The summed E-state index contributed by atoms with van der Waals surface area (Å²) < 4.78 is 5.74. The topological polar surface area (TPSA) is 79.9 Å². The highest BCUT2D eigenvalue weighted by Crippen LogP contribution is 2.42. The molecule has 21 heavy (non-hydrogen) atoms. The standard InChI is InChI=1S/C16H25N3O2/c1-4-21-14-9-13(16(14,2)3)18-10-11-7-5-6-8-12(11)15(17)19-20/h5-8,13-14,18,20H,4,9-10H2,1-3H3,(H2,17,19). The van der Waals surface area contributed by atoms with E-state index in [1.165, 1.54) is 0 Å². The van der Waals surface area contributed by atoms with E-state index in [1.54, 1.807) is 0 Å². The first-order chi connectivity index (χ1) is 10.0. The summed E-state index contributed by atoms with van der Waals surface area (Å²) in [5.41, 5.74) is 7.64. The van der Waals surface area contributed by atoms with Crippen LogP contribution in [0.2, 0.25) is 0 Å². The van der Waals surface area contributed by atoms with E-state index in [4.69, 9.17) is 15.7 Å². The van der Waals surface area contributed by atoms with Crippen LogP contribution in [0, 0.1) is 5.41 Å². The van der Waals surface area contributed by atoms with E-state index in [9.17, 15) is 0 Å². The van der Waals surface area contributed by atoms with Gasteiger partial charge in [-0.2, -0.15) is 0 Å². The van der Waals surface area contributed by atoms with Crippen molar-refractivity contribution in [1.82, 2.24) is 5.32 Å². The van der Waals surface area contributed by atoms with Crippen LogP contribution in [-0.2, 0) is 11.3 Å². The van der Waals surface area contributed by atoms with Crippen molar-refractivity contribution >= 4 is 5.84 Å². The second kappa shape index (κ2) is 6.45. The van der Waals surface area contributed by atoms with Crippen molar-refractivity contribution in [2.24, 2.45) is 16.3 Å². The van der Waals surface area contributed by atoms with Crippen LogP contribution in [0.5, 0.6) is 0 Å². The molecule has 2 rings (SSSR count). The molecule has 1 aliphatic rings. The van der Waals surface area contributed by atoms with E-state index in [0.29, 0.717) is 18.7 Å². The first kappa shape index (κ1) is 15.8. The lowest BCUT2D eigenvalue weighted by molar-refractivity contribution is -0.114. The number of nitrogens with one attached hydrogen (secondary N) is 1. The van der Waals surface area contributed by atoms with Gasteiger partial charge in [0, 0.05) is 30.2 Å². The normalized spacial score (nSPS) is 24.6. The number of rotatable bonds is 6. The van der Waals surface area contributed by atoms with Gasteiger partial charge in [-0.05, 0) is 18.9 Å². The van der Waals surface area contributed by atoms with Gasteiger partial charge < -0.3 is 21.0 Å². The molecule has 0 aromatic heterocycles. The van der Waals surface area contributed by atoms with Crippen LogP contribution < -0.4 is 11.1 Å². The highest BCUT2D eigenvalue weighted by atomic mass is 16.5. The van der Waals surface area contributed by atoms with Crippen LogP contribution in [0.1, 0.15) is 38.3 Å². The number of ether oxygens (including phenoxy) is 1. The van der Waals surface area contributed by atoms with Crippen LogP contribution in [0.3, 0.4) is 0 Å². The molecule has 0 bridgehead atoms. The van der Waals surface area contributed by atoms with Crippen LogP contribution in [0.15, 0.2) is 29.4 Å². The molecular formula is C16H25N3O2. The number of nitrogens with two attached hydrogens (primary N) is 1. The molecule has 0 amide bonds. The lowest BCUT2D eigenvalue weighted by atomic mass is 9.64. The monoisotopic (exact) mass is 291 g/mol. The average Bonchev–Trinajstić information content (AvgIpc) is 2.49. The summed E-state index contributed by atoms with van der Waals surface area (Å²) >= 11 is 0. The van der Waals surface area contributed by atoms with Crippen molar-refractivity contribution in [3.05, 3.63) is 35.4 Å². The third-order valence-electron chi connectivity index (χ3n) is 4.49. The zero-order chi connectivity index (χ0) is 15.5. The minimum atomic E-state index is 0.127. The van der Waals surface area contributed by atoms with Gasteiger partial charge in [0.1, 0.15) is 0 Å². The zero-order valence-electron chi connectivity index (χ0n) is 13.0. The third kappa shape index (κ3) is 3.19. The second-order valence-electron chi connectivity index (χ2n) is 6.08. The minimum Gasteiger partial charge on any atom is -0.409 e. The van der Waals surface area contributed by atoms with Crippen molar-refractivity contribution in [1.29, 1.82) is 0 Å². The van der Waals surface area contributed by atoms with E-state index in [0.717, 1.165) is 24.2 Å². The summed E-state index contributed by atoms with van der Waals surface area (Å²) in [6.45, 7) is 7.93. The molecule has 1 aromatic carbocycles. The summed E-state index contributed by atoms with van der Waals surface area (Å²) in [5, 5.41) is 15.5. The van der Waals surface area contributed by atoms with Crippen molar-refractivity contribution in [2.45, 2.75) is 45.9 Å². The zero-order valence-corrected chi connectivity index (χ0v) is 13.0. The van der Waals surface area contributed by atoms with Gasteiger partial charge in [0.25, 0.3) is 0 Å². The van der Waals surface area contributed by atoms with Gasteiger partial charge in [-0.25, -0.2) is 0 Å². The smallest absolute Gasteiger partial charge is 0.170 e. The fourth-order valence-electron chi connectivity index (χ4n) is 2.93. The maximum Gasteiger partial charge on any atom is 0.170 e. The van der Waals surface area contributed by atoms with Crippen LogP contribution >= 0.6 is 0 Å². The quantitative estimate of drug-likeness (QED) is 0.324. The molecule has 0 spiro atoms. The van der Waals surface area contributed by atoms with E-state index < -0.39 is 0 Å². The predicted octanol–water partition coefficient (Wildman–Crippen LogP) is 2.07. The summed E-state index contributed by atoms with van der Waals surface area (Å²) in [5.74, 6) is 0.146. The maximum absolute atomic E-state index is 8.85. The highest BCUT2D eigenvalue weighted by molar-refractivity contribution is 5.98. The number of nitrogens with zero attached hydrogens (tertiary/aromatic N) is 1. The van der Waals surface area contributed by atoms with Gasteiger partial charge in [0.05, 0.1) is 6.10 Å². The Morgan fingerprint density at radius 1 is 1.48 bits per heavy atom. The summed E-state index contributed by atoms with van der Waals surface area (Å²) in [6, 6.07) is 8.11. The number of amidine groups is 1. The Bertz CT molecular complexity index is 514. The molecule has 5 heteroatoms. The molecule has 0 aliphatic heterocycles. The molecule has 116 valence electrons. The van der Waals surface area contributed by atoms with Crippen molar-refractivity contribution in [3.63, 3.8) is 0 Å². The summed E-state index contributed by atoms with van der Waals surface area (Å²) in [6.07, 6.45) is 1.34. The highest BCUT2D eigenvalue weighted by Gasteiger charge is 2.48. The Kier molecular flexibility index (Phi) is 4.85. The SMILES string of the molecule is CCOC1CC(NCc2ccccc2/C(N)=N/O)C1(C)C. The van der Waals surface area contributed by atoms with Gasteiger partial charge in [-0.3, -0.25) is 0 Å². The van der Waals surface area contributed by atoms with Crippen molar-refractivity contribution < 1.29 is 9.94 Å². The van der Waals surface area contributed by atoms with Gasteiger partial charge >= 0.3 is 0 Å². The Hall–Kier alpha value is -1.59. The average molecular weight is 291 g/mol. The molecule has 5 nitrogen and oxygen atoms in total. The van der Waals surface area contributed by atoms with Crippen LogP contribution in [-0.4, -0.2) is 29.8 Å². The molecule has 1 aliphatic carbocycles. The fourth-order valence-corrected chi connectivity index (χ4v) is 2.93. The molecule has 4 N–H and O–H groups in total. The molecule has 0 radical (unpaired) electrons. The molecule has 2 atom stereocenters. The van der Waals surface area contributed by atoms with E-state index in [-0.39, 0.29) is 11.3 Å². The maximum atomic E-state index is 8.85. The number of hydrogen-bond donors (Lipinski definition) is 3. The Morgan fingerprint density at radius 3 is 2.81 bits per heavy atom. The number of oxime groups is 1. The van der Waals surface area contributed by atoms with Gasteiger partial charge in [0.2, 0.25) is 0 Å². The minimum absolute atomic E-state index is 0.127. The number of hydrogen-bond acceptors (Lipinski definition) is 4. The third-order valence-corrected chi connectivity index (χ3v) is 4.49. The molecule has 2 unspecified atom stereocenters. The van der Waals surface area contributed by atoms with Crippen molar-refractivity contribution in [2.75, 3.05) is 6.61 Å². The summed E-state index contributed by atoms with van der Waals surface area (Å²) in [4.78, 5) is 0. The second-order valence-corrected chi connectivity index (χ2v) is 6.08.